The van der Waals surface area contributed by atoms with Crippen molar-refractivity contribution >= 4 is 47.3 Å². The Bertz CT molecular complexity index is 12.9. The minimum absolute atomic E-state index is 0. The molecule has 0 aliphatic rings. The maximum atomic E-state index is 0. The van der Waals surface area contributed by atoms with Gasteiger partial charge in [0.2, 0.25) is 0 Å². The van der Waals surface area contributed by atoms with Crippen LogP contribution in [-0.4, -0.2) is 47.3 Å². The molecular formula is C5H24Cd2Te2. The van der Waals surface area contributed by atoms with Gasteiger partial charge >= 0.3 is 47.3 Å². The standard InChI is InChI=1S/5CH4.2Cd.2H2Te/h5*1H4;;;2*1H2. The fourth-order valence-electron chi connectivity index (χ4n) is 0. The third kappa shape index (κ3) is 86.6. The Morgan fingerprint density at radius 3 is 0.333 bits per heavy atom. The fraction of sp³-hybridized carbons (Fsp3) is 1.00. The summed E-state index contributed by atoms with van der Waals surface area (Å²) in [6, 6.07) is 0. The molecule has 0 saturated heterocycles. The molecule has 4 heteroatoms. The normalized spacial score (nSPS) is 0. The van der Waals surface area contributed by atoms with Gasteiger partial charge < -0.3 is 0 Å². The molecule has 0 radical (unpaired) electrons. The van der Waals surface area contributed by atoms with E-state index < -0.39 is 0 Å². The molecule has 0 rings (SSSR count). The zero-order valence-electron chi connectivity index (χ0n) is 2.41. The van der Waals surface area contributed by atoms with Crippen molar-refractivity contribution in [1.82, 2.24) is 0 Å². The van der Waals surface area contributed by atoms with Gasteiger partial charge in [0.05, 0.1) is 0 Å². The van der Waals surface area contributed by atoms with Gasteiger partial charge in [0.25, 0.3) is 0 Å². The molecule has 0 aliphatic carbocycles. The van der Waals surface area contributed by atoms with Gasteiger partial charge in [0.1, 0.15) is 0 Å². The van der Waals surface area contributed by atoms with E-state index >= 15 is 0 Å². The monoisotopic (exact) mass is 572 g/mol. The van der Waals surface area contributed by atoms with Gasteiger partial charge in [-0.25, -0.2) is 0 Å². The van der Waals surface area contributed by atoms with E-state index in [1.54, 1.807) is 0 Å². The van der Waals surface area contributed by atoms with Crippen LogP contribution >= 0.6 is 0 Å². The van der Waals surface area contributed by atoms with Gasteiger partial charge in [-0.3, -0.25) is 0 Å². The molecule has 0 aromatic carbocycles. The van der Waals surface area contributed by atoms with Crippen LogP contribution in [0.5, 0.6) is 0 Å². The molecule has 0 bridgehead atoms. The minimum atomic E-state index is 0. The zero-order valence-corrected chi connectivity index (χ0v) is 16.2. The van der Waals surface area contributed by atoms with Gasteiger partial charge in [-0.2, -0.15) is 0 Å². The Morgan fingerprint density at radius 1 is 0.333 bits per heavy atom. The van der Waals surface area contributed by atoms with Gasteiger partial charge in [-0.1, -0.05) is 37.1 Å². The third-order valence-corrected chi connectivity index (χ3v) is 0. The second-order valence-electron chi connectivity index (χ2n) is 0. The van der Waals surface area contributed by atoms with E-state index in [1.807, 2.05) is 0 Å². The molecule has 60 valence electrons. The van der Waals surface area contributed by atoms with E-state index in [0.717, 1.165) is 0 Å². The Balaban J connectivity index is 0. The quantitative estimate of drug-likeness (QED) is 0.390. The molecule has 0 nitrogen and oxygen atoms in total. The second-order valence-corrected chi connectivity index (χ2v) is 0. The summed E-state index contributed by atoms with van der Waals surface area (Å²) in [4.78, 5) is 0. The Kier molecular flexibility index (Phi) is 1630. The molecule has 0 amide bonds. The summed E-state index contributed by atoms with van der Waals surface area (Å²) >= 11 is 0. The van der Waals surface area contributed by atoms with Crippen molar-refractivity contribution in [2.45, 2.75) is 37.1 Å². The van der Waals surface area contributed by atoms with Crippen LogP contribution in [0.4, 0.5) is 0 Å². The summed E-state index contributed by atoms with van der Waals surface area (Å²) in [5.41, 5.74) is 0. The summed E-state index contributed by atoms with van der Waals surface area (Å²) in [6.07, 6.45) is 0. The van der Waals surface area contributed by atoms with Crippen molar-refractivity contribution in [2.24, 2.45) is 0 Å². The van der Waals surface area contributed by atoms with Gasteiger partial charge in [0, 0.05) is 54.6 Å². The van der Waals surface area contributed by atoms with Crippen molar-refractivity contribution < 1.29 is 54.6 Å². The SMILES string of the molecule is C.C.C.C.C.[Cd].[Cd].[TeH2].[TeH2]. The van der Waals surface area contributed by atoms with Crippen molar-refractivity contribution in [3.63, 3.8) is 0 Å². The first-order chi connectivity index (χ1) is 0. The van der Waals surface area contributed by atoms with E-state index in [1.165, 1.54) is 0 Å². The van der Waals surface area contributed by atoms with E-state index in [-0.39, 0.29) is 139 Å². The topological polar surface area (TPSA) is 0 Å². The Labute approximate surface area is 136 Å². The van der Waals surface area contributed by atoms with Crippen LogP contribution in [0.25, 0.3) is 0 Å². The Hall–Kier alpha value is 3.42. The summed E-state index contributed by atoms with van der Waals surface area (Å²) in [5.74, 6) is 0. The van der Waals surface area contributed by atoms with Crippen molar-refractivity contribution in [2.75, 3.05) is 0 Å². The molecular weight excluding hydrogens is 540 g/mol. The predicted molar refractivity (Wildman–Crippen MR) is 50.7 cm³/mol. The number of hydrogen-bond acceptors (Lipinski definition) is 0. The maximum absolute atomic E-state index is 0. The second kappa shape index (κ2) is 106. The van der Waals surface area contributed by atoms with Crippen molar-refractivity contribution in [3.8, 4) is 0 Å². The predicted octanol–water partition coefficient (Wildman–Crippen LogP) is 1.34. The summed E-state index contributed by atoms with van der Waals surface area (Å²) in [5, 5.41) is 0. The van der Waals surface area contributed by atoms with Crippen LogP contribution in [0.15, 0.2) is 0 Å². The molecule has 0 atom stereocenters. The molecule has 0 heterocycles. The van der Waals surface area contributed by atoms with Crippen LogP contribution in [0, 0.1) is 0 Å². The number of rotatable bonds is 0. The fourth-order valence-corrected chi connectivity index (χ4v) is 0. The molecule has 0 aromatic heterocycles. The van der Waals surface area contributed by atoms with Gasteiger partial charge in [-0.15, -0.1) is 0 Å². The first-order valence-corrected chi connectivity index (χ1v) is 0. The van der Waals surface area contributed by atoms with Crippen LogP contribution in [0.3, 0.4) is 0 Å². The molecule has 0 N–H and O–H groups in total. The average Bonchev–Trinajstić information content (AvgIpc) is 0. The van der Waals surface area contributed by atoms with Crippen LogP contribution in [-0.2, 0) is 54.6 Å². The van der Waals surface area contributed by atoms with E-state index in [0.29, 0.717) is 0 Å². The van der Waals surface area contributed by atoms with Crippen LogP contribution < -0.4 is 0 Å². The van der Waals surface area contributed by atoms with Crippen LogP contribution in [0.2, 0.25) is 0 Å². The molecule has 0 spiro atoms. The molecule has 0 aliphatic heterocycles. The van der Waals surface area contributed by atoms with Gasteiger partial charge in [0.15, 0.2) is 0 Å². The first-order valence-electron chi connectivity index (χ1n) is 0. The zero-order chi connectivity index (χ0) is 0. The summed E-state index contributed by atoms with van der Waals surface area (Å²) in [7, 11) is 0. The molecule has 0 fully saturated rings. The first kappa shape index (κ1) is 138. The van der Waals surface area contributed by atoms with Crippen LogP contribution in [0.1, 0.15) is 37.1 Å². The molecule has 9 heavy (non-hydrogen) atoms. The summed E-state index contributed by atoms with van der Waals surface area (Å²) < 4.78 is 0. The van der Waals surface area contributed by atoms with Crippen molar-refractivity contribution in [1.29, 1.82) is 0 Å². The van der Waals surface area contributed by atoms with Gasteiger partial charge in [-0.05, 0) is 0 Å². The number of hydrogen-bond donors (Lipinski definition) is 0. The van der Waals surface area contributed by atoms with E-state index in [2.05, 4.69) is 0 Å². The summed E-state index contributed by atoms with van der Waals surface area (Å²) in [6.45, 7) is 0. The van der Waals surface area contributed by atoms with E-state index in [4.69, 9.17) is 0 Å². The van der Waals surface area contributed by atoms with E-state index in [9.17, 15) is 0 Å². The molecule has 0 saturated carbocycles. The Morgan fingerprint density at radius 2 is 0.333 bits per heavy atom. The molecule has 0 unspecified atom stereocenters. The molecule has 0 aromatic rings. The van der Waals surface area contributed by atoms with Crippen molar-refractivity contribution in [3.05, 3.63) is 0 Å². The average molecular weight is 564 g/mol. The third-order valence-electron chi connectivity index (χ3n) is 0.